The van der Waals surface area contributed by atoms with Gasteiger partial charge in [-0.15, -0.1) is 0 Å². The van der Waals surface area contributed by atoms with E-state index in [2.05, 4.69) is 0 Å². The number of fused-ring (bicyclic) bond motifs is 2. The van der Waals surface area contributed by atoms with E-state index in [0.717, 1.165) is 16.9 Å². The first-order valence-corrected chi connectivity index (χ1v) is 27.7. The zero-order valence-electron chi connectivity index (χ0n) is 45.0. The minimum Gasteiger partial charge on any atom is -0.460 e. The summed E-state index contributed by atoms with van der Waals surface area (Å²) in [5.41, 5.74) is 1.20. The molecule has 72 heavy (non-hydrogen) atoms. The maximum Gasteiger partial charge on any atom is 0.328 e. The normalized spacial score (nSPS) is 35.9. The van der Waals surface area contributed by atoms with Gasteiger partial charge in [0, 0.05) is 71.8 Å². The van der Waals surface area contributed by atoms with Gasteiger partial charge in [0.2, 0.25) is 5.79 Å². The van der Waals surface area contributed by atoms with Gasteiger partial charge in [0.15, 0.2) is 5.78 Å². The number of cyclic esters (lactones) is 1. The Bertz CT molecular complexity index is 2020. The average molecular weight is 1040 g/mol. The van der Waals surface area contributed by atoms with E-state index in [1.165, 1.54) is 27.3 Å². The van der Waals surface area contributed by atoms with Gasteiger partial charge in [-0.3, -0.25) is 19.2 Å². The number of aliphatic hydroxyl groups excluding tert-OH is 1. The van der Waals surface area contributed by atoms with Crippen LogP contribution in [0.25, 0.3) is 0 Å². The maximum atomic E-state index is 14.1. The van der Waals surface area contributed by atoms with Crippen molar-refractivity contribution in [2.24, 2.45) is 29.6 Å². The number of allylic oxidation sites excluding steroid dienone is 6. The standard InChI is InChI=1S/C54H87NO16S/c1-34-19-16-14-13-15-17-20-35(2)48(57)50(67-11)49(58)38(5)29-36(3)43(56)33-46(37(4)30-41-22-24-44(47(31-41)66-10)68-25-18-28-72(12,63)64)70-53(61)40(7)55(8)52(60)51(59)54(62)39(6)21-23-42(71-54)32-45(34)69-27-26-65-9/h13-16,19,29,35-37,39-42,44-47,49-50,58,62H,17-18,20-28,30-33H2,1-12H3/b15-13-,16-14-,34-19-,38-29-/t35?,36?,37-,39+,40?,41+,42-,44-,45?,46?,47-,49?,50?,54+/m1/s1. The van der Waals surface area contributed by atoms with Gasteiger partial charge in [0.05, 0.1) is 43.4 Å². The predicted molar refractivity (Wildman–Crippen MR) is 272 cm³/mol. The lowest BCUT2D eigenvalue weighted by Gasteiger charge is -2.41. The fourth-order valence-electron chi connectivity index (χ4n) is 9.66. The summed E-state index contributed by atoms with van der Waals surface area (Å²) in [6.07, 6.45) is 11.8. The third-order valence-corrected chi connectivity index (χ3v) is 15.7. The highest BCUT2D eigenvalue weighted by atomic mass is 32.2. The number of ether oxygens (including phenoxy) is 7. The number of likely N-dealkylation sites (N-methyl/N-ethyl adjacent to an activating group) is 1. The second-order valence-corrected chi connectivity index (χ2v) is 22.8. The van der Waals surface area contributed by atoms with Crippen molar-refractivity contribution in [1.29, 1.82) is 0 Å². The molecule has 2 N–H and O–H groups in total. The van der Waals surface area contributed by atoms with E-state index in [4.69, 9.17) is 33.2 Å². The van der Waals surface area contributed by atoms with E-state index in [1.54, 1.807) is 48.0 Å². The van der Waals surface area contributed by atoms with Crippen molar-refractivity contribution in [3.8, 4) is 0 Å². The van der Waals surface area contributed by atoms with Crippen molar-refractivity contribution in [2.45, 2.75) is 174 Å². The molecule has 0 aromatic heterocycles. The van der Waals surface area contributed by atoms with Crippen molar-refractivity contribution in [2.75, 3.05) is 60.2 Å². The van der Waals surface area contributed by atoms with Crippen LogP contribution in [0.2, 0.25) is 0 Å². The number of hydrogen-bond donors (Lipinski definition) is 2. The fourth-order valence-corrected chi connectivity index (χ4v) is 10.3. The van der Waals surface area contributed by atoms with Gasteiger partial charge in [-0.1, -0.05) is 64.2 Å². The Morgan fingerprint density at radius 3 is 2.22 bits per heavy atom. The molecule has 2 aliphatic heterocycles. The number of sulfone groups is 1. The third kappa shape index (κ3) is 19.0. The molecule has 2 bridgehead atoms. The molecule has 0 spiro atoms. The number of ketones is 3. The molecule has 1 aliphatic carbocycles. The number of hydrogen-bond acceptors (Lipinski definition) is 16. The lowest BCUT2D eigenvalue weighted by atomic mass is 9.78. The first kappa shape index (κ1) is 62.8. The summed E-state index contributed by atoms with van der Waals surface area (Å²) in [7, 11) is 2.67. The van der Waals surface area contributed by atoms with Crippen LogP contribution in [0.3, 0.4) is 0 Å². The Morgan fingerprint density at radius 2 is 1.57 bits per heavy atom. The molecule has 2 fully saturated rings. The SMILES string of the molecule is COCCOC1C[C@H]2CC[C@H](C)[C@](O)(O2)C(=O)C(=O)N(C)C(C)C(=O)OC([C@H](C)C[C@@H]2CC[C@@H](OCCCS(C)(=O)=O)[C@H](OC)C2)CC(=O)C(C)/C=C(/C)C(O)C(OC)C(=O)C(C)CC\C=C/C=C\C=C/1C. The highest BCUT2D eigenvalue weighted by molar-refractivity contribution is 7.90. The van der Waals surface area contributed by atoms with E-state index < -0.39 is 93.5 Å². The monoisotopic (exact) mass is 1040 g/mol. The van der Waals surface area contributed by atoms with E-state index in [-0.39, 0.29) is 61.5 Å². The molecule has 17 nitrogen and oxygen atoms in total. The van der Waals surface area contributed by atoms with Crippen LogP contribution in [0.4, 0.5) is 0 Å². The number of esters is 1. The second-order valence-electron chi connectivity index (χ2n) is 20.5. The third-order valence-electron chi connectivity index (χ3n) is 14.7. The molecule has 0 aromatic carbocycles. The number of aliphatic hydroxyl groups is 2. The zero-order chi connectivity index (χ0) is 53.9. The molecule has 1 amide bonds. The van der Waals surface area contributed by atoms with E-state index in [1.807, 2.05) is 44.2 Å². The van der Waals surface area contributed by atoms with Crippen LogP contribution < -0.4 is 0 Å². The topological polar surface area (TPSA) is 228 Å². The molecule has 410 valence electrons. The minimum atomic E-state index is -3.12. The number of amides is 1. The lowest BCUT2D eigenvalue weighted by molar-refractivity contribution is -0.265. The fraction of sp³-hybridized carbons (Fsp3) is 0.759. The maximum absolute atomic E-state index is 14.1. The number of carbonyl (C=O) groups is 5. The Morgan fingerprint density at radius 1 is 0.861 bits per heavy atom. The molecule has 7 unspecified atom stereocenters. The van der Waals surface area contributed by atoms with Crippen LogP contribution in [0.5, 0.6) is 0 Å². The summed E-state index contributed by atoms with van der Waals surface area (Å²) in [6, 6.07) is -1.33. The molecule has 0 aromatic rings. The molecule has 1 saturated carbocycles. The summed E-state index contributed by atoms with van der Waals surface area (Å²) in [4.78, 5) is 70.9. The highest BCUT2D eigenvalue weighted by Gasteiger charge is 2.52. The van der Waals surface area contributed by atoms with E-state index >= 15 is 0 Å². The van der Waals surface area contributed by atoms with Crippen molar-refractivity contribution in [1.82, 2.24) is 4.90 Å². The molecule has 3 rings (SSSR count). The Balaban J connectivity index is 1.98. The van der Waals surface area contributed by atoms with Crippen molar-refractivity contribution in [3.05, 3.63) is 47.6 Å². The number of Topliss-reactive ketones (excluding diaryl/α,β-unsaturated/α-hetero) is 3. The minimum absolute atomic E-state index is 0.0218. The summed E-state index contributed by atoms with van der Waals surface area (Å²) in [5.74, 6) is -8.63. The second kappa shape index (κ2) is 30.2. The summed E-state index contributed by atoms with van der Waals surface area (Å²) in [5, 5.41) is 23.3. The summed E-state index contributed by atoms with van der Waals surface area (Å²) < 4.78 is 64.4. The molecule has 14 atom stereocenters. The quantitative estimate of drug-likeness (QED) is 0.0897. The van der Waals surface area contributed by atoms with Crippen molar-refractivity contribution >= 4 is 39.1 Å². The van der Waals surface area contributed by atoms with Gasteiger partial charge in [-0.05, 0) is 102 Å². The van der Waals surface area contributed by atoms with Gasteiger partial charge >= 0.3 is 5.97 Å². The molecule has 3 aliphatic rings. The van der Waals surface area contributed by atoms with E-state index in [9.17, 15) is 42.6 Å². The number of methoxy groups -OCH3 is 3. The van der Waals surface area contributed by atoms with Gasteiger partial charge in [-0.25, -0.2) is 13.2 Å². The number of nitrogens with zero attached hydrogens (tertiary/aromatic N) is 1. The predicted octanol–water partition coefficient (Wildman–Crippen LogP) is 5.88. The van der Waals surface area contributed by atoms with Crippen LogP contribution in [0.15, 0.2) is 47.6 Å². The first-order chi connectivity index (χ1) is 33.9. The average Bonchev–Trinajstić information content (AvgIpc) is 3.33. The zero-order valence-corrected chi connectivity index (χ0v) is 45.9. The smallest absolute Gasteiger partial charge is 0.328 e. The van der Waals surface area contributed by atoms with Crippen LogP contribution >= 0.6 is 0 Å². The Hall–Kier alpha value is -3.46. The molecular formula is C54H87NO16S. The number of rotatable bonds is 14. The van der Waals surface area contributed by atoms with Crippen molar-refractivity contribution in [3.63, 3.8) is 0 Å². The van der Waals surface area contributed by atoms with Gasteiger partial charge in [0.1, 0.15) is 40.0 Å². The van der Waals surface area contributed by atoms with Gasteiger partial charge in [-0.2, -0.15) is 0 Å². The van der Waals surface area contributed by atoms with E-state index in [0.29, 0.717) is 63.5 Å². The van der Waals surface area contributed by atoms with Gasteiger partial charge in [0.25, 0.3) is 11.7 Å². The van der Waals surface area contributed by atoms with Crippen LogP contribution in [0.1, 0.15) is 119 Å². The van der Waals surface area contributed by atoms with Gasteiger partial charge < -0.3 is 48.3 Å². The Kier molecular flexibility index (Phi) is 26.3. The summed E-state index contributed by atoms with van der Waals surface area (Å²) >= 11 is 0. The first-order valence-electron chi connectivity index (χ1n) is 25.7. The Labute approximate surface area is 429 Å². The molecule has 18 heteroatoms. The largest absolute Gasteiger partial charge is 0.460 e. The highest BCUT2D eigenvalue weighted by Crippen LogP contribution is 2.37. The molecular weight excluding hydrogens is 951 g/mol. The molecule has 2 heterocycles. The van der Waals surface area contributed by atoms with Crippen LogP contribution in [0, 0.1) is 29.6 Å². The van der Waals surface area contributed by atoms with Crippen molar-refractivity contribution < 1.29 is 75.8 Å². The van der Waals surface area contributed by atoms with Crippen LogP contribution in [-0.2, 0) is 67.0 Å². The molecule has 0 radical (unpaired) electrons. The lowest BCUT2D eigenvalue weighted by Crippen LogP contribution is -2.59. The van der Waals surface area contributed by atoms with Crippen LogP contribution in [-0.4, -0.2) is 168 Å². The molecule has 1 saturated heterocycles. The number of carbonyl (C=O) groups excluding carboxylic acids is 5. The summed E-state index contributed by atoms with van der Waals surface area (Å²) in [6.45, 7) is 12.8.